The highest BCUT2D eigenvalue weighted by molar-refractivity contribution is 6.30. The van der Waals surface area contributed by atoms with E-state index in [2.05, 4.69) is 0 Å². The van der Waals surface area contributed by atoms with E-state index in [-0.39, 0.29) is 17.1 Å². The first kappa shape index (κ1) is 17.0. The zero-order chi connectivity index (χ0) is 16.0. The van der Waals surface area contributed by atoms with Gasteiger partial charge < -0.3 is 14.7 Å². The van der Waals surface area contributed by atoms with Crippen molar-refractivity contribution in [1.29, 1.82) is 0 Å². The molecule has 0 saturated carbocycles. The van der Waals surface area contributed by atoms with Crippen LogP contribution in [0.25, 0.3) is 0 Å². The van der Waals surface area contributed by atoms with Gasteiger partial charge in [0.15, 0.2) is 0 Å². The Kier molecular flexibility index (Phi) is 6.24. The van der Waals surface area contributed by atoms with Crippen LogP contribution in [0.1, 0.15) is 13.8 Å². The molecular weight excluding hydrogens is 294 g/mol. The number of halogens is 1. The van der Waals surface area contributed by atoms with Crippen LogP contribution in [0.2, 0.25) is 5.02 Å². The fourth-order valence-corrected chi connectivity index (χ4v) is 1.75. The Morgan fingerprint density at radius 2 is 1.95 bits per heavy atom. The Morgan fingerprint density at radius 3 is 2.52 bits per heavy atom. The topological polar surface area (TPSA) is 66.8 Å². The number of benzene rings is 1. The molecule has 1 amide bonds. The molecule has 0 aromatic heterocycles. The molecule has 1 aromatic rings. The van der Waals surface area contributed by atoms with Crippen molar-refractivity contribution >= 4 is 23.5 Å². The van der Waals surface area contributed by atoms with Crippen LogP contribution in [0.3, 0.4) is 0 Å². The Morgan fingerprint density at radius 1 is 1.29 bits per heavy atom. The lowest BCUT2D eigenvalue weighted by atomic mass is 10.1. The van der Waals surface area contributed by atoms with Crippen LogP contribution >= 0.6 is 11.6 Å². The van der Waals surface area contributed by atoms with E-state index in [1.165, 1.54) is 18.7 Å². The molecule has 0 radical (unpaired) electrons. The molecule has 0 unspecified atom stereocenters. The van der Waals surface area contributed by atoms with Gasteiger partial charge in [0.2, 0.25) is 5.91 Å². The number of carboxylic acids is 1. The highest BCUT2D eigenvalue weighted by atomic mass is 35.5. The number of likely N-dealkylation sites (N-methyl/N-ethyl adjacent to an activating group) is 1. The van der Waals surface area contributed by atoms with E-state index in [0.29, 0.717) is 23.9 Å². The molecule has 114 valence electrons. The Bertz CT molecular complexity index is 569. The Balaban J connectivity index is 2.54. The maximum Gasteiger partial charge on any atom is 0.331 e. The van der Waals surface area contributed by atoms with Gasteiger partial charge in [-0.15, -0.1) is 0 Å². The normalized spacial score (nSPS) is 11.6. The van der Waals surface area contributed by atoms with Gasteiger partial charge in [0.25, 0.3) is 0 Å². The van der Waals surface area contributed by atoms with E-state index in [1.54, 1.807) is 31.3 Å². The minimum Gasteiger partial charge on any atom is -0.492 e. The second-order valence-corrected chi connectivity index (χ2v) is 5.02. The summed E-state index contributed by atoms with van der Waals surface area (Å²) in [5, 5.41) is 9.44. The van der Waals surface area contributed by atoms with Crippen LogP contribution in [-0.4, -0.2) is 42.1 Å². The average molecular weight is 312 g/mol. The maximum absolute atomic E-state index is 12.0. The van der Waals surface area contributed by atoms with Gasteiger partial charge in [0, 0.05) is 23.2 Å². The fraction of sp³-hybridized carbons (Fsp3) is 0.333. The van der Waals surface area contributed by atoms with Crippen molar-refractivity contribution in [2.45, 2.75) is 13.8 Å². The van der Waals surface area contributed by atoms with Gasteiger partial charge in [0.1, 0.15) is 12.4 Å². The standard InChI is InChI=1S/C15H18ClNO4/c1-10(11(2)15(19)20)14(18)17(3)7-8-21-13-6-4-5-12(16)9-13/h4-6,9H,7-8H2,1-3H3,(H,19,20). The van der Waals surface area contributed by atoms with Crippen LogP contribution in [0, 0.1) is 0 Å². The van der Waals surface area contributed by atoms with Gasteiger partial charge >= 0.3 is 5.97 Å². The molecule has 21 heavy (non-hydrogen) atoms. The highest BCUT2D eigenvalue weighted by Gasteiger charge is 2.16. The van der Waals surface area contributed by atoms with Crippen molar-refractivity contribution in [2.75, 3.05) is 20.2 Å². The number of carbonyl (C=O) groups excluding carboxylic acids is 1. The fourth-order valence-electron chi connectivity index (χ4n) is 1.57. The summed E-state index contributed by atoms with van der Waals surface area (Å²) in [4.78, 5) is 24.3. The molecule has 1 N–H and O–H groups in total. The molecule has 0 aliphatic carbocycles. The zero-order valence-electron chi connectivity index (χ0n) is 12.2. The van der Waals surface area contributed by atoms with Crippen LogP contribution in [0.5, 0.6) is 5.75 Å². The SMILES string of the molecule is CC(C(=O)O)=C(C)C(=O)N(C)CCOc1cccc(Cl)c1. The van der Waals surface area contributed by atoms with Crippen molar-refractivity contribution in [3.63, 3.8) is 0 Å². The summed E-state index contributed by atoms with van der Waals surface area (Å²) in [5.74, 6) is -0.800. The van der Waals surface area contributed by atoms with Gasteiger partial charge in [-0.25, -0.2) is 4.79 Å². The number of rotatable bonds is 6. The predicted molar refractivity (Wildman–Crippen MR) is 80.6 cm³/mol. The molecule has 1 rings (SSSR count). The van der Waals surface area contributed by atoms with Crippen molar-refractivity contribution in [2.24, 2.45) is 0 Å². The first-order chi connectivity index (χ1) is 9.82. The third-order valence-corrected chi connectivity index (χ3v) is 3.28. The number of amides is 1. The number of hydrogen-bond donors (Lipinski definition) is 1. The molecule has 6 heteroatoms. The van der Waals surface area contributed by atoms with Crippen molar-refractivity contribution in [1.82, 2.24) is 4.90 Å². The number of carboxylic acid groups (broad SMARTS) is 1. The van der Waals surface area contributed by atoms with E-state index in [9.17, 15) is 9.59 Å². The molecule has 5 nitrogen and oxygen atoms in total. The second-order valence-electron chi connectivity index (χ2n) is 4.59. The van der Waals surface area contributed by atoms with Crippen LogP contribution in [0.4, 0.5) is 0 Å². The summed E-state index contributed by atoms with van der Waals surface area (Å²) in [6.07, 6.45) is 0. The summed E-state index contributed by atoms with van der Waals surface area (Å²) >= 11 is 5.84. The summed E-state index contributed by atoms with van der Waals surface area (Å²) < 4.78 is 5.48. The van der Waals surface area contributed by atoms with Crippen LogP contribution < -0.4 is 4.74 Å². The molecule has 0 spiro atoms. The van der Waals surface area contributed by atoms with Gasteiger partial charge in [-0.05, 0) is 32.0 Å². The van der Waals surface area contributed by atoms with Crippen LogP contribution in [-0.2, 0) is 9.59 Å². The molecule has 0 fully saturated rings. The summed E-state index contributed by atoms with van der Waals surface area (Å²) in [6, 6.07) is 6.97. The first-order valence-electron chi connectivity index (χ1n) is 6.37. The molecule has 1 aromatic carbocycles. The van der Waals surface area contributed by atoms with Gasteiger partial charge in [-0.2, -0.15) is 0 Å². The van der Waals surface area contributed by atoms with Crippen molar-refractivity contribution < 1.29 is 19.4 Å². The van der Waals surface area contributed by atoms with Crippen molar-refractivity contribution in [3.05, 3.63) is 40.4 Å². The molecular formula is C15H18ClNO4. The number of aliphatic carboxylic acids is 1. The van der Waals surface area contributed by atoms with E-state index in [4.69, 9.17) is 21.4 Å². The predicted octanol–water partition coefficient (Wildman–Crippen LogP) is 2.60. The summed E-state index contributed by atoms with van der Waals surface area (Å²) in [5.41, 5.74) is 0.260. The van der Waals surface area contributed by atoms with E-state index in [0.717, 1.165) is 0 Å². The molecule has 0 aliphatic rings. The lowest BCUT2D eigenvalue weighted by Crippen LogP contribution is -2.32. The highest BCUT2D eigenvalue weighted by Crippen LogP contribution is 2.17. The van der Waals surface area contributed by atoms with E-state index >= 15 is 0 Å². The quantitative estimate of drug-likeness (QED) is 0.820. The average Bonchev–Trinajstić information content (AvgIpc) is 2.44. The number of hydrogen-bond acceptors (Lipinski definition) is 3. The Hall–Kier alpha value is -2.01. The Labute approximate surface area is 128 Å². The zero-order valence-corrected chi connectivity index (χ0v) is 13.0. The largest absolute Gasteiger partial charge is 0.492 e. The summed E-state index contributed by atoms with van der Waals surface area (Å²) in [7, 11) is 1.60. The lowest BCUT2D eigenvalue weighted by Gasteiger charge is -2.18. The molecule has 0 saturated heterocycles. The third kappa shape index (κ3) is 5.11. The monoisotopic (exact) mass is 311 g/mol. The maximum atomic E-state index is 12.0. The number of ether oxygens (including phenoxy) is 1. The smallest absolute Gasteiger partial charge is 0.331 e. The second kappa shape index (κ2) is 7.69. The molecule has 0 aliphatic heterocycles. The van der Waals surface area contributed by atoms with Crippen LogP contribution in [0.15, 0.2) is 35.4 Å². The minimum absolute atomic E-state index is 0.0441. The summed E-state index contributed by atoms with van der Waals surface area (Å²) in [6.45, 7) is 3.55. The lowest BCUT2D eigenvalue weighted by molar-refractivity contribution is -0.133. The molecule has 0 bridgehead atoms. The van der Waals surface area contributed by atoms with Crippen molar-refractivity contribution in [3.8, 4) is 5.75 Å². The van der Waals surface area contributed by atoms with Gasteiger partial charge in [-0.1, -0.05) is 17.7 Å². The number of carbonyl (C=O) groups is 2. The minimum atomic E-state index is -1.09. The van der Waals surface area contributed by atoms with E-state index < -0.39 is 5.97 Å². The first-order valence-corrected chi connectivity index (χ1v) is 6.75. The third-order valence-electron chi connectivity index (χ3n) is 3.04. The van der Waals surface area contributed by atoms with Gasteiger partial charge in [0.05, 0.1) is 6.54 Å². The molecule has 0 atom stereocenters. The van der Waals surface area contributed by atoms with E-state index in [1.807, 2.05) is 0 Å². The van der Waals surface area contributed by atoms with Gasteiger partial charge in [-0.3, -0.25) is 4.79 Å². The number of nitrogens with zero attached hydrogens (tertiary/aromatic N) is 1. The molecule has 0 heterocycles.